The molecule has 0 aliphatic heterocycles. The second kappa shape index (κ2) is 7.78. The zero-order valence-electron chi connectivity index (χ0n) is 13.3. The highest BCUT2D eigenvalue weighted by Gasteiger charge is 2.17. The molecular formula is C17H19NO4S. The Morgan fingerprint density at radius 3 is 2.74 bits per heavy atom. The standard InChI is InChI=1S/C17H19NO4S/c1-11-6-7-14(21-3)13(9-11)17(20)22-10-16(19)18-12(2)15-5-4-8-23-15/h4-9,12H,10H2,1-3H3,(H,18,19)/t12-/m1/s1. The lowest BCUT2D eigenvalue weighted by Crippen LogP contribution is -2.30. The molecule has 1 aromatic carbocycles. The SMILES string of the molecule is COc1ccc(C)cc1C(=O)OCC(=O)N[C@H](C)c1cccs1. The molecule has 0 unspecified atom stereocenters. The van der Waals surface area contributed by atoms with Crippen molar-refractivity contribution in [3.8, 4) is 5.75 Å². The molecule has 23 heavy (non-hydrogen) atoms. The van der Waals surface area contributed by atoms with Crippen LogP contribution in [0.5, 0.6) is 5.75 Å². The first-order valence-corrected chi connectivity index (χ1v) is 8.03. The number of hydrogen-bond donors (Lipinski definition) is 1. The summed E-state index contributed by atoms with van der Waals surface area (Å²) in [4.78, 5) is 25.1. The molecule has 0 radical (unpaired) electrons. The molecule has 122 valence electrons. The molecule has 0 fully saturated rings. The summed E-state index contributed by atoms with van der Waals surface area (Å²) in [5.41, 5.74) is 1.22. The molecule has 0 saturated carbocycles. The molecular weight excluding hydrogens is 314 g/mol. The van der Waals surface area contributed by atoms with E-state index in [1.165, 1.54) is 7.11 Å². The number of carbonyl (C=O) groups excluding carboxylic acids is 2. The molecule has 0 spiro atoms. The van der Waals surface area contributed by atoms with Gasteiger partial charge in [-0.15, -0.1) is 11.3 Å². The van der Waals surface area contributed by atoms with E-state index < -0.39 is 5.97 Å². The zero-order valence-corrected chi connectivity index (χ0v) is 14.1. The molecule has 1 heterocycles. The second-order valence-electron chi connectivity index (χ2n) is 5.08. The fourth-order valence-electron chi connectivity index (χ4n) is 2.08. The van der Waals surface area contributed by atoms with Crippen molar-refractivity contribution in [2.75, 3.05) is 13.7 Å². The molecule has 5 nitrogen and oxygen atoms in total. The van der Waals surface area contributed by atoms with E-state index in [9.17, 15) is 9.59 Å². The molecule has 2 rings (SSSR count). The van der Waals surface area contributed by atoms with E-state index in [-0.39, 0.29) is 18.6 Å². The Labute approximate surface area is 139 Å². The van der Waals surface area contributed by atoms with Gasteiger partial charge in [-0.25, -0.2) is 4.79 Å². The number of rotatable bonds is 6. The Hall–Kier alpha value is -2.34. The first-order valence-electron chi connectivity index (χ1n) is 7.15. The highest BCUT2D eigenvalue weighted by Crippen LogP contribution is 2.21. The predicted octanol–water partition coefficient (Wildman–Crippen LogP) is 3.10. The summed E-state index contributed by atoms with van der Waals surface area (Å²) in [6.45, 7) is 3.42. The third-order valence-electron chi connectivity index (χ3n) is 3.26. The van der Waals surface area contributed by atoms with Gasteiger partial charge in [-0.2, -0.15) is 0 Å². The van der Waals surface area contributed by atoms with Crippen LogP contribution in [-0.4, -0.2) is 25.6 Å². The molecule has 0 aliphatic rings. The summed E-state index contributed by atoms with van der Waals surface area (Å²) in [5.74, 6) is -0.497. The molecule has 2 aromatic rings. The van der Waals surface area contributed by atoms with E-state index in [1.807, 2.05) is 37.4 Å². The second-order valence-corrected chi connectivity index (χ2v) is 6.06. The van der Waals surface area contributed by atoms with Gasteiger partial charge in [0.15, 0.2) is 6.61 Å². The van der Waals surface area contributed by atoms with Crippen molar-refractivity contribution in [3.63, 3.8) is 0 Å². The van der Waals surface area contributed by atoms with Gasteiger partial charge in [-0.3, -0.25) is 4.79 Å². The van der Waals surface area contributed by atoms with Crippen molar-refractivity contribution in [1.29, 1.82) is 0 Å². The van der Waals surface area contributed by atoms with E-state index >= 15 is 0 Å². The molecule has 1 atom stereocenters. The van der Waals surface area contributed by atoms with Gasteiger partial charge in [-0.05, 0) is 37.4 Å². The summed E-state index contributed by atoms with van der Waals surface area (Å²) in [6, 6.07) is 8.96. The average Bonchev–Trinajstić information content (AvgIpc) is 3.07. The van der Waals surface area contributed by atoms with Crippen molar-refractivity contribution in [2.24, 2.45) is 0 Å². The third-order valence-corrected chi connectivity index (χ3v) is 4.31. The highest BCUT2D eigenvalue weighted by molar-refractivity contribution is 7.10. The lowest BCUT2D eigenvalue weighted by Gasteiger charge is -2.13. The number of nitrogens with one attached hydrogen (secondary N) is 1. The maximum atomic E-state index is 12.1. The molecule has 0 saturated heterocycles. The Morgan fingerprint density at radius 2 is 2.09 bits per heavy atom. The normalized spacial score (nSPS) is 11.6. The minimum Gasteiger partial charge on any atom is -0.496 e. The van der Waals surface area contributed by atoms with Crippen molar-refractivity contribution < 1.29 is 19.1 Å². The third kappa shape index (κ3) is 4.56. The van der Waals surface area contributed by atoms with Crippen LogP contribution in [0.4, 0.5) is 0 Å². The van der Waals surface area contributed by atoms with E-state index in [1.54, 1.807) is 23.5 Å². The van der Waals surface area contributed by atoms with Crippen molar-refractivity contribution in [1.82, 2.24) is 5.32 Å². The van der Waals surface area contributed by atoms with Gasteiger partial charge in [0.2, 0.25) is 0 Å². The van der Waals surface area contributed by atoms with Crippen LogP contribution in [0, 0.1) is 6.92 Å². The van der Waals surface area contributed by atoms with E-state index in [2.05, 4.69) is 5.32 Å². The van der Waals surface area contributed by atoms with Crippen molar-refractivity contribution in [2.45, 2.75) is 19.9 Å². The summed E-state index contributed by atoms with van der Waals surface area (Å²) < 4.78 is 10.2. The number of aryl methyl sites for hydroxylation is 1. The van der Waals surface area contributed by atoms with E-state index in [4.69, 9.17) is 9.47 Å². The van der Waals surface area contributed by atoms with E-state index in [0.29, 0.717) is 11.3 Å². The molecule has 6 heteroatoms. The Kier molecular flexibility index (Phi) is 5.76. The average molecular weight is 333 g/mol. The predicted molar refractivity (Wildman–Crippen MR) is 88.9 cm³/mol. The minimum atomic E-state index is -0.579. The van der Waals surface area contributed by atoms with Crippen LogP contribution in [-0.2, 0) is 9.53 Å². The number of hydrogen-bond acceptors (Lipinski definition) is 5. The van der Waals surface area contributed by atoms with Gasteiger partial charge in [0.1, 0.15) is 11.3 Å². The van der Waals surface area contributed by atoms with Gasteiger partial charge in [-0.1, -0.05) is 17.7 Å². The lowest BCUT2D eigenvalue weighted by atomic mass is 10.1. The van der Waals surface area contributed by atoms with Gasteiger partial charge in [0.05, 0.1) is 13.2 Å². The van der Waals surface area contributed by atoms with Crippen LogP contribution in [0.3, 0.4) is 0 Å². The first-order chi connectivity index (χ1) is 11.0. The summed E-state index contributed by atoms with van der Waals surface area (Å²) >= 11 is 1.56. The van der Waals surface area contributed by atoms with Crippen LogP contribution in [0.15, 0.2) is 35.7 Å². The van der Waals surface area contributed by atoms with Crippen LogP contribution >= 0.6 is 11.3 Å². The Balaban J connectivity index is 1.91. The largest absolute Gasteiger partial charge is 0.496 e. The van der Waals surface area contributed by atoms with Crippen LogP contribution < -0.4 is 10.1 Å². The monoisotopic (exact) mass is 333 g/mol. The van der Waals surface area contributed by atoms with Gasteiger partial charge in [0, 0.05) is 4.88 Å². The summed E-state index contributed by atoms with van der Waals surface area (Å²) in [6.07, 6.45) is 0. The summed E-state index contributed by atoms with van der Waals surface area (Å²) in [5, 5.41) is 4.74. The number of carbonyl (C=O) groups is 2. The van der Waals surface area contributed by atoms with Crippen LogP contribution in [0.1, 0.15) is 33.8 Å². The maximum absolute atomic E-state index is 12.1. The molecule has 0 bridgehead atoms. The van der Waals surface area contributed by atoms with Gasteiger partial charge >= 0.3 is 5.97 Å². The highest BCUT2D eigenvalue weighted by atomic mass is 32.1. The number of ether oxygens (including phenoxy) is 2. The first kappa shape index (κ1) is 17.0. The fraction of sp³-hybridized carbons (Fsp3) is 0.294. The van der Waals surface area contributed by atoms with Crippen LogP contribution in [0.25, 0.3) is 0 Å². The van der Waals surface area contributed by atoms with Gasteiger partial charge in [0.25, 0.3) is 5.91 Å². The number of amides is 1. The minimum absolute atomic E-state index is 0.116. The Morgan fingerprint density at radius 1 is 1.30 bits per heavy atom. The topological polar surface area (TPSA) is 64.6 Å². The van der Waals surface area contributed by atoms with E-state index in [0.717, 1.165) is 10.4 Å². The van der Waals surface area contributed by atoms with Crippen LogP contribution in [0.2, 0.25) is 0 Å². The number of benzene rings is 1. The lowest BCUT2D eigenvalue weighted by molar-refractivity contribution is -0.124. The maximum Gasteiger partial charge on any atom is 0.342 e. The number of methoxy groups -OCH3 is 1. The van der Waals surface area contributed by atoms with Gasteiger partial charge < -0.3 is 14.8 Å². The molecule has 0 aliphatic carbocycles. The number of thiophene rings is 1. The smallest absolute Gasteiger partial charge is 0.342 e. The number of esters is 1. The van der Waals surface area contributed by atoms with Crippen molar-refractivity contribution >= 4 is 23.2 Å². The molecule has 1 aromatic heterocycles. The molecule has 1 N–H and O–H groups in total. The quantitative estimate of drug-likeness (QED) is 0.825. The zero-order chi connectivity index (χ0) is 16.8. The van der Waals surface area contributed by atoms with Crippen molar-refractivity contribution in [3.05, 3.63) is 51.7 Å². The Bertz CT molecular complexity index is 682. The molecule has 1 amide bonds. The summed E-state index contributed by atoms with van der Waals surface area (Å²) in [7, 11) is 1.48. The fourth-order valence-corrected chi connectivity index (χ4v) is 2.82.